The van der Waals surface area contributed by atoms with Crippen molar-refractivity contribution in [1.82, 2.24) is 0 Å². The fraction of sp³-hybridized carbons (Fsp3) is 0.333. The van der Waals surface area contributed by atoms with Crippen LogP contribution in [0.2, 0.25) is 0 Å². The average molecular weight is 176 g/mol. The summed E-state index contributed by atoms with van der Waals surface area (Å²) in [5.41, 5.74) is 0. The molecule has 0 amide bonds. The summed E-state index contributed by atoms with van der Waals surface area (Å²) < 4.78 is 1.90. The molecule has 1 nitrogen and oxygen atoms in total. The van der Waals surface area contributed by atoms with Crippen molar-refractivity contribution in [3.05, 3.63) is 10.2 Å². The van der Waals surface area contributed by atoms with Crippen LogP contribution in [-0.4, -0.2) is 34.2 Å². The van der Waals surface area contributed by atoms with Crippen LogP contribution < -0.4 is 0 Å². The number of aliphatic hydroxyl groups excluding tert-OH is 1. The summed E-state index contributed by atoms with van der Waals surface area (Å²) >= 11 is 1.34. The summed E-state index contributed by atoms with van der Waals surface area (Å²) in [6, 6.07) is 0. The number of hydrogen-bond donors (Lipinski definition) is 1. The Labute approximate surface area is 44.8 Å². The van der Waals surface area contributed by atoms with Gasteiger partial charge in [-0.15, -0.1) is 0 Å². The van der Waals surface area contributed by atoms with Crippen LogP contribution in [0.1, 0.15) is 0 Å². The molecule has 1 N–H and O–H groups in total. The van der Waals surface area contributed by atoms with Gasteiger partial charge in [0.05, 0.1) is 0 Å². The van der Waals surface area contributed by atoms with Gasteiger partial charge in [-0.1, -0.05) is 0 Å². The van der Waals surface area contributed by atoms with Gasteiger partial charge in [0.15, 0.2) is 0 Å². The van der Waals surface area contributed by atoms with Gasteiger partial charge in [0.1, 0.15) is 0 Å². The second-order valence-electron chi connectivity index (χ2n) is 0.585. The van der Waals surface area contributed by atoms with Crippen molar-refractivity contribution >= 4 is 22.5 Å². The minimum absolute atomic E-state index is 0.186. The van der Waals surface area contributed by atoms with Gasteiger partial charge in [-0.05, 0) is 0 Å². The van der Waals surface area contributed by atoms with Gasteiger partial charge in [-0.3, -0.25) is 0 Å². The molecule has 0 aliphatic rings. The molecule has 0 saturated carbocycles. The third-order valence-corrected chi connectivity index (χ3v) is 0.896. The predicted octanol–water partition coefficient (Wildman–Crippen LogP) is -0.339. The van der Waals surface area contributed by atoms with E-state index >= 15 is 0 Å². The first kappa shape index (κ1) is 5.50. The van der Waals surface area contributed by atoms with Crippen LogP contribution in [0.3, 0.4) is 0 Å². The monoisotopic (exact) mass is 177 g/mol. The van der Waals surface area contributed by atoms with Gasteiger partial charge < -0.3 is 0 Å². The molecule has 3 radical (unpaired) electrons. The van der Waals surface area contributed by atoms with Crippen molar-refractivity contribution < 1.29 is 5.11 Å². The number of aliphatic hydroxyl groups is 1. The molecule has 0 aromatic heterocycles. The minimum atomic E-state index is 0.186. The van der Waals surface area contributed by atoms with Crippen LogP contribution in [0, 0.1) is 0 Å². The van der Waals surface area contributed by atoms with Crippen molar-refractivity contribution in [2.75, 3.05) is 6.61 Å². The maximum absolute atomic E-state index is 7.99. The molecule has 27 valence electrons. The van der Waals surface area contributed by atoms with E-state index in [1.54, 1.807) is 6.08 Å². The molecular formula is C3H5OSn. The number of rotatable bonds is 1. The van der Waals surface area contributed by atoms with E-state index in [4.69, 9.17) is 5.11 Å². The van der Waals surface area contributed by atoms with Crippen molar-refractivity contribution in [1.29, 1.82) is 0 Å². The zero-order chi connectivity index (χ0) is 4.12. The van der Waals surface area contributed by atoms with Crippen LogP contribution in [0.4, 0.5) is 0 Å². The molecule has 0 unspecified atom stereocenters. The summed E-state index contributed by atoms with van der Waals surface area (Å²) in [6.07, 6.45) is 1.72. The average Bonchev–Trinajstić information content (AvgIpc) is 1.41. The van der Waals surface area contributed by atoms with E-state index in [1.165, 1.54) is 22.5 Å². The third-order valence-electron chi connectivity index (χ3n) is 0.223. The quantitative estimate of drug-likeness (QED) is 0.541. The number of hydrogen-bond acceptors (Lipinski definition) is 1. The van der Waals surface area contributed by atoms with Crippen molar-refractivity contribution in [3.8, 4) is 0 Å². The molecule has 0 aliphatic carbocycles. The molecule has 2 heteroatoms. The summed E-state index contributed by atoms with van der Waals surface area (Å²) in [5.74, 6) is 0. The maximum atomic E-state index is 7.99. The van der Waals surface area contributed by atoms with Crippen LogP contribution in [0.25, 0.3) is 0 Å². The summed E-state index contributed by atoms with van der Waals surface area (Å²) in [4.78, 5) is 0. The zero-order valence-electron chi connectivity index (χ0n) is 2.81. The Balaban J connectivity index is 2.62. The molecule has 0 bridgehead atoms. The third kappa shape index (κ3) is 4.50. The molecule has 0 spiro atoms. The molecule has 0 saturated heterocycles. The van der Waals surface area contributed by atoms with E-state index in [0.29, 0.717) is 0 Å². The van der Waals surface area contributed by atoms with Crippen molar-refractivity contribution in [3.63, 3.8) is 0 Å². The first-order valence-corrected chi connectivity index (χ1v) is 2.99. The van der Waals surface area contributed by atoms with E-state index in [0.717, 1.165) is 0 Å². The Morgan fingerprint density at radius 2 is 2.40 bits per heavy atom. The molecule has 0 fully saturated rings. The van der Waals surface area contributed by atoms with Gasteiger partial charge in [0, 0.05) is 0 Å². The fourth-order valence-corrected chi connectivity index (χ4v) is 0.354. The molecule has 0 atom stereocenters. The summed E-state index contributed by atoms with van der Waals surface area (Å²) in [6.45, 7) is 0.186. The standard InChI is InChI=1S/C3H5O.Sn/c1-2-3-4;/h1-2,4H,3H2;. The fourth-order valence-electron chi connectivity index (χ4n) is 0.0527. The van der Waals surface area contributed by atoms with Crippen LogP contribution in [-0.2, 0) is 0 Å². The van der Waals surface area contributed by atoms with E-state index in [1.807, 2.05) is 4.09 Å². The van der Waals surface area contributed by atoms with Crippen molar-refractivity contribution in [2.24, 2.45) is 0 Å². The Morgan fingerprint density at radius 3 is 2.40 bits per heavy atom. The zero-order valence-corrected chi connectivity index (χ0v) is 5.66. The van der Waals surface area contributed by atoms with Crippen LogP contribution in [0.15, 0.2) is 10.2 Å². The Kier molecular flexibility index (Phi) is 4.95. The molecule has 0 aromatic rings. The SMILES string of the molecule is OC/C=[CH]/[Sn]. The first-order valence-electron chi connectivity index (χ1n) is 1.35. The van der Waals surface area contributed by atoms with Gasteiger partial charge >= 0.3 is 44.4 Å². The van der Waals surface area contributed by atoms with E-state index in [-0.39, 0.29) is 6.61 Å². The Hall–Kier alpha value is 0.499. The van der Waals surface area contributed by atoms with Gasteiger partial charge in [0.25, 0.3) is 0 Å². The molecule has 0 aromatic carbocycles. The van der Waals surface area contributed by atoms with Crippen LogP contribution in [0.5, 0.6) is 0 Å². The topological polar surface area (TPSA) is 20.2 Å². The first-order chi connectivity index (χ1) is 2.41. The summed E-state index contributed by atoms with van der Waals surface area (Å²) in [5, 5.41) is 7.99. The second kappa shape index (κ2) is 4.50. The Bertz CT molecular complexity index is 33.9. The molecule has 5 heavy (non-hydrogen) atoms. The van der Waals surface area contributed by atoms with Gasteiger partial charge in [-0.2, -0.15) is 0 Å². The van der Waals surface area contributed by atoms with Crippen LogP contribution >= 0.6 is 0 Å². The van der Waals surface area contributed by atoms with E-state index < -0.39 is 0 Å². The second-order valence-corrected chi connectivity index (χ2v) is 1.54. The summed E-state index contributed by atoms with van der Waals surface area (Å²) in [7, 11) is 0. The van der Waals surface area contributed by atoms with E-state index in [2.05, 4.69) is 0 Å². The van der Waals surface area contributed by atoms with Crippen molar-refractivity contribution in [2.45, 2.75) is 0 Å². The molecule has 0 aliphatic heterocycles. The molecule has 0 heterocycles. The predicted molar refractivity (Wildman–Crippen MR) is 22.0 cm³/mol. The molecule has 0 rings (SSSR count). The normalized spacial score (nSPS) is 10.0. The van der Waals surface area contributed by atoms with Gasteiger partial charge in [-0.25, -0.2) is 0 Å². The van der Waals surface area contributed by atoms with Gasteiger partial charge in [0.2, 0.25) is 0 Å². The molecular weight excluding hydrogens is 171 g/mol. The Morgan fingerprint density at radius 1 is 1.80 bits per heavy atom. The van der Waals surface area contributed by atoms with E-state index in [9.17, 15) is 0 Å².